The number of benzene rings is 2. The van der Waals surface area contributed by atoms with Crippen molar-refractivity contribution in [1.82, 2.24) is 45.2 Å². The van der Waals surface area contributed by atoms with E-state index in [1.165, 1.54) is 66.0 Å². The molecule has 0 radical (unpaired) electrons. The number of carbonyl (C=O) groups excluding carboxylic acids is 6. The predicted molar refractivity (Wildman–Crippen MR) is 286 cm³/mol. The van der Waals surface area contributed by atoms with E-state index in [1.807, 2.05) is 4.72 Å². The number of aryl methyl sites for hydroxylation is 1. The van der Waals surface area contributed by atoms with Crippen molar-refractivity contribution in [2.75, 3.05) is 6.54 Å². The molecule has 1 saturated carbocycles. The summed E-state index contributed by atoms with van der Waals surface area (Å²) in [5.41, 5.74) is 5.52. The monoisotopic (exact) mass is 1120 g/mol. The normalized spacial score (nSPS) is 17.7. The smallest absolute Gasteiger partial charge is 0.272 e. The molecular weight excluding hydrogens is 1050 g/mol. The summed E-state index contributed by atoms with van der Waals surface area (Å²) in [6, 6.07) is 11.9. The number of nitrogens with one attached hydrogen (secondary N) is 5. The van der Waals surface area contributed by atoms with Crippen molar-refractivity contribution in [2.24, 2.45) is 17.1 Å². The number of nitrogens with zero attached hydrogens (tertiary/aromatic N) is 4. The molecule has 2 aromatic carbocycles. The first-order chi connectivity index (χ1) is 36.6. The molecule has 2 aromatic heterocycles. The Labute approximate surface area is 455 Å². The number of likely N-dealkylation sites (tertiary alicyclic amines) is 1. The SMILES string of the molecule is CCC[C@H](NC(=O)[C@@H]1C[C@@H](Oc2ccc(Cl)cn2)CN1C(=O)[C@@H](NC(=O)[C@@H](NC(=O)c1cncc(CCCCC[C@H](N)C(=O)NS(=O)(=O)c2ccccc2)n1)C1CCCCC1)C(C)(C)C)C(=O)NS(=O)(=O)c1ccccc1. The highest BCUT2D eigenvalue weighted by Gasteiger charge is 2.47. The number of hydrogen-bond acceptors (Lipinski definition) is 15. The topological polar surface area (TPSA) is 308 Å². The van der Waals surface area contributed by atoms with Crippen LogP contribution in [0.3, 0.4) is 0 Å². The van der Waals surface area contributed by atoms with Crippen molar-refractivity contribution >= 4 is 67.1 Å². The number of rotatable bonds is 24. The molecule has 2 aliphatic rings. The summed E-state index contributed by atoms with van der Waals surface area (Å²) in [6.45, 7) is 6.88. The van der Waals surface area contributed by atoms with Gasteiger partial charge < -0.3 is 31.3 Å². The first-order valence-corrected chi connectivity index (χ1v) is 29.2. The number of carbonyl (C=O) groups is 6. The molecule has 0 unspecified atom stereocenters. The molecule has 416 valence electrons. The van der Waals surface area contributed by atoms with E-state index in [2.05, 4.69) is 35.6 Å². The van der Waals surface area contributed by atoms with Crippen LogP contribution in [0.5, 0.6) is 5.88 Å². The Morgan fingerprint density at radius 1 is 0.766 bits per heavy atom. The zero-order valence-electron chi connectivity index (χ0n) is 43.7. The molecule has 6 amide bonds. The van der Waals surface area contributed by atoms with Crippen LogP contribution in [0.15, 0.2) is 101 Å². The molecule has 3 heterocycles. The molecule has 0 spiro atoms. The van der Waals surface area contributed by atoms with Crippen LogP contribution < -0.4 is 35.9 Å². The number of ether oxygens (including phenoxy) is 1. The van der Waals surface area contributed by atoms with Gasteiger partial charge in [-0.05, 0) is 80.2 Å². The van der Waals surface area contributed by atoms with Crippen LogP contribution in [0.4, 0.5) is 0 Å². The van der Waals surface area contributed by atoms with Crippen LogP contribution in [-0.4, -0.2) is 115 Å². The van der Waals surface area contributed by atoms with Gasteiger partial charge >= 0.3 is 0 Å². The van der Waals surface area contributed by atoms with Gasteiger partial charge in [0.05, 0.1) is 39.3 Å². The van der Waals surface area contributed by atoms with Gasteiger partial charge in [0, 0.05) is 24.9 Å². The van der Waals surface area contributed by atoms with Gasteiger partial charge in [0.25, 0.3) is 37.8 Å². The summed E-state index contributed by atoms with van der Waals surface area (Å²) in [5.74, 6) is -4.57. The minimum absolute atomic E-state index is 0.0299. The van der Waals surface area contributed by atoms with Crippen molar-refractivity contribution in [1.29, 1.82) is 0 Å². The zero-order chi connectivity index (χ0) is 55.9. The van der Waals surface area contributed by atoms with E-state index < -0.39 is 97.2 Å². The maximum absolute atomic E-state index is 15.1. The summed E-state index contributed by atoms with van der Waals surface area (Å²) < 4.78 is 61.7. The fraction of sp³-hybridized carbons (Fsp3) is 0.491. The second-order valence-electron chi connectivity index (χ2n) is 20.5. The fourth-order valence-electron chi connectivity index (χ4n) is 9.27. The van der Waals surface area contributed by atoms with E-state index in [1.54, 1.807) is 58.0 Å². The predicted octanol–water partition coefficient (Wildman–Crippen LogP) is 4.51. The fourth-order valence-corrected chi connectivity index (χ4v) is 11.5. The van der Waals surface area contributed by atoms with Crippen molar-refractivity contribution in [3.63, 3.8) is 0 Å². The molecule has 7 N–H and O–H groups in total. The summed E-state index contributed by atoms with van der Waals surface area (Å²) in [6.07, 6.45) is 9.96. The molecule has 77 heavy (non-hydrogen) atoms. The van der Waals surface area contributed by atoms with Crippen LogP contribution in [-0.2, 0) is 50.4 Å². The third kappa shape index (κ3) is 17.0. The second kappa shape index (κ2) is 27.2. The van der Waals surface area contributed by atoms with Crippen LogP contribution >= 0.6 is 11.6 Å². The Morgan fingerprint density at radius 3 is 2.00 bits per heavy atom. The average molecular weight is 1120 g/mol. The van der Waals surface area contributed by atoms with Crippen molar-refractivity contribution in [3.05, 3.63) is 108 Å². The molecule has 6 rings (SSSR count). The lowest BCUT2D eigenvalue weighted by molar-refractivity contribution is -0.144. The number of aromatic nitrogens is 3. The van der Waals surface area contributed by atoms with E-state index in [0.29, 0.717) is 55.7 Å². The summed E-state index contributed by atoms with van der Waals surface area (Å²) in [5, 5.41) is 8.90. The highest BCUT2D eigenvalue weighted by Crippen LogP contribution is 2.31. The van der Waals surface area contributed by atoms with Crippen molar-refractivity contribution < 1.29 is 50.3 Å². The van der Waals surface area contributed by atoms with Gasteiger partial charge in [-0.3, -0.25) is 33.8 Å². The molecule has 21 nitrogen and oxygen atoms in total. The summed E-state index contributed by atoms with van der Waals surface area (Å²) >= 11 is 6.07. The van der Waals surface area contributed by atoms with Gasteiger partial charge in [-0.1, -0.05) is 114 Å². The van der Waals surface area contributed by atoms with E-state index in [4.69, 9.17) is 22.1 Å². The number of unbranched alkanes of at least 4 members (excludes halogenated alkanes) is 2. The number of nitrogens with two attached hydrogens (primary N) is 1. The zero-order valence-corrected chi connectivity index (χ0v) is 46.0. The van der Waals surface area contributed by atoms with Crippen LogP contribution in [0, 0.1) is 11.3 Å². The standard InChI is InChI=1S/C53H69ClN10O11S2/c1-5-18-41(49(67)63-77(73,74)39-24-15-9-16-25-39)59-50(68)43-29-37(75-44-28-27-35(54)30-57-44)33-64(43)52(70)46(53(2,3)4)61-51(69)45(34-19-10-6-11-20-34)60-48(66)42-32-56-31-36(58-42)21-12-7-17-26-40(55)47(65)62-76(71,72)38-22-13-8-14-23-38/h8-9,13-16,22-25,27-28,30-32,34,37,40-41,43,45-46H,5-7,10-12,17-21,26,29,33,55H2,1-4H3,(H,59,68)(H,60,66)(H,61,69)(H,62,65)(H,63,67)/t37-,40+,41+,43+,45+,46-/m1/s1. The van der Waals surface area contributed by atoms with Gasteiger partial charge in [0.15, 0.2) is 0 Å². The Morgan fingerprint density at radius 2 is 1.40 bits per heavy atom. The molecule has 0 bridgehead atoms. The van der Waals surface area contributed by atoms with Crippen LogP contribution in [0.2, 0.25) is 5.02 Å². The molecular formula is C53H69ClN10O11S2. The Bertz CT molecular complexity index is 2910. The third-order valence-corrected chi connectivity index (χ3v) is 16.4. The van der Waals surface area contributed by atoms with E-state index in [9.17, 15) is 40.8 Å². The molecule has 1 aliphatic heterocycles. The van der Waals surface area contributed by atoms with Crippen LogP contribution in [0.25, 0.3) is 0 Å². The highest BCUT2D eigenvalue weighted by atomic mass is 35.5. The maximum Gasteiger partial charge on any atom is 0.272 e. The minimum atomic E-state index is -4.30. The highest BCUT2D eigenvalue weighted by molar-refractivity contribution is 7.90. The Kier molecular flexibility index (Phi) is 21.0. The summed E-state index contributed by atoms with van der Waals surface area (Å²) in [4.78, 5) is 98.5. The second-order valence-corrected chi connectivity index (χ2v) is 24.3. The average Bonchev–Trinajstić information content (AvgIpc) is 3.83. The number of hydrogen-bond donors (Lipinski definition) is 6. The third-order valence-electron chi connectivity index (χ3n) is 13.4. The van der Waals surface area contributed by atoms with E-state index >= 15 is 4.79 Å². The largest absolute Gasteiger partial charge is 0.472 e. The quantitative estimate of drug-likeness (QED) is 0.0526. The van der Waals surface area contributed by atoms with Gasteiger partial charge in [0.2, 0.25) is 23.6 Å². The first-order valence-electron chi connectivity index (χ1n) is 25.9. The molecule has 4 aromatic rings. The number of pyridine rings is 1. The number of sulfonamides is 2. The molecule has 1 aliphatic carbocycles. The Balaban J connectivity index is 1.14. The lowest BCUT2D eigenvalue weighted by Gasteiger charge is -2.37. The molecule has 6 atom stereocenters. The number of amides is 6. The van der Waals surface area contributed by atoms with Gasteiger partial charge in [-0.25, -0.2) is 36.2 Å². The van der Waals surface area contributed by atoms with E-state index in [-0.39, 0.29) is 53.1 Å². The van der Waals surface area contributed by atoms with Crippen molar-refractivity contribution in [3.8, 4) is 5.88 Å². The maximum atomic E-state index is 15.1. The lowest BCUT2D eigenvalue weighted by Crippen LogP contribution is -2.62. The molecule has 1 saturated heterocycles. The molecule has 2 fully saturated rings. The van der Waals surface area contributed by atoms with Crippen molar-refractivity contribution in [2.45, 2.75) is 157 Å². The van der Waals surface area contributed by atoms with Gasteiger partial charge in [-0.15, -0.1) is 0 Å². The summed E-state index contributed by atoms with van der Waals surface area (Å²) in [7, 11) is -8.36. The Hall–Kier alpha value is -6.56. The minimum Gasteiger partial charge on any atom is -0.472 e. The van der Waals surface area contributed by atoms with Crippen LogP contribution in [0.1, 0.15) is 121 Å². The van der Waals surface area contributed by atoms with E-state index in [0.717, 1.165) is 19.3 Å². The van der Waals surface area contributed by atoms with Gasteiger partial charge in [0.1, 0.15) is 36.0 Å². The first kappa shape index (κ1) is 59.7. The lowest BCUT2D eigenvalue weighted by atomic mass is 9.82. The molecule has 24 heteroatoms. The van der Waals surface area contributed by atoms with Gasteiger partial charge in [-0.2, -0.15) is 0 Å². The number of halogens is 1.